The number of hydrogen-bond acceptors (Lipinski definition) is 2. The van der Waals surface area contributed by atoms with Crippen LogP contribution < -0.4 is 5.32 Å². The summed E-state index contributed by atoms with van der Waals surface area (Å²) in [4.78, 5) is 12.2. The maximum atomic E-state index is 12.2. The Kier molecular flexibility index (Phi) is 4.20. The fraction of sp³-hybridized carbons (Fsp3) is 0.471. The summed E-state index contributed by atoms with van der Waals surface area (Å²) in [5.41, 5.74) is 2.68. The van der Waals surface area contributed by atoms with Crippen LogP contribution in [-0.4, -0.2) is 11.9 Å². The van der Waals surface area contributed by atoms with E-state index in [2.05, 4.69) is 5.32 Å². The first kappa shape index (κ1) is 14.5. The second kappa shape index (κ2) is 6.10. The number of rotatable bonds is 3. The summed E-state index contributed by atoms with van der Waals surface area (Å²) in [5, 5.41) is 4.78. The fourth-order valence-electron chi connectivity index (χ4n) is 3.04. The smallest absolute Gasteiger partial charge is 0.224 e. The normalized spacial score (nSPS) is 16.3. The average Bonchev–Trinajstić information content (AvgIpc) is 2.83. The molecule has 1 aliphatic rings. The van der Waals surface area contributed by atoms with Gasteiger partial charge in [-0.1, -0.05) is 30.9 Å². The second-order valence-corrected chi connectivity index (χ2v) is 6.34. The van der Waals surface area contributed by atoms with Gasteiger partial charge in [0.25, 0.3) is 0 Å². The highest BCUT2D eigenvalue weighted by atomic mass is 35.5. The van der Waals surface area contributed by atoms with Crippen LogP contribution >= 0.6 is 11.6 Å². The van der Waals surface area contributed by atoms with Gasteiger partial charge in [-0.25, -0.2) is 0 Å². The first-order valence-corrected chi connectivity index (χ1v) is 7.97. The highest BCUT2D eigenvalue weighted by Crippen LogP contribution is 2.28. The van der Waals surface area contributed by atoms with E-state index >= 15 is 0 Å². The molecule has 0 aliphatic heterocycles. The molecule has 1 N–H and O–H groups in total. The Bertz CT molecular complexity index is 656. The third-order valence-electron chi connectivity index (χ3n) is 4.26. The van der Waals surface area contributed by atoms with Crippen molar-refractivity contribution in [1.29, 1.82) is 0 Å². The Labute approximate surface area is 129 Å². The van der Waals surface area contributed by atoms with Crippen LogP contribution in [0.15, 0.2) is 22.8 Å². The molecule has 0 saturated heterocycles. The van der Waals surface area contributed by atoms with Crippen LogP contribution in [0.4, 0.5) is 0 Å². The molecular formula is C17H20ClNO2. The summed E-state index contributed by atoms with van der Waals surface area (Å²) in [6.45, 7) is 1.94. The van der Waals surface area contributed by atoms with Crippen molar-refractivity contribution >= 4 is 28.5 Å². The van der Waals surface area contributed by atoms with E-state index in [1.165, 1.54) is 19.3 Å². The molecule has 0 unspecified atom stereocenters. The Morgan fingerprint density at radius 2 is 2.10 bits per heavy atom. The predicted molar refractivity (Wildman–Crippen MR) is 84.7 cm³/mol. The third-order valence-corrected chi connectivity index (χ3v) is 4.66. The summed E-state index contributed by atoms with van der Waals surface area (Å²) in [6, 6.07) is 4.15. The van der Waals surface area contributed by atoms with Gasteiger partial charge in [0.05, 0.1) is 12.7 Å². The Morgan fingerprint density at radius 3 is 2.86 bits per heavy atom. The molecule has 21 heavy (non-hydrogen) atoms. The number of furan rings is 1. The molecule has 112 valence electrons. The maximum absolute atomic E-state index is 12.2. The molecule has 4 heteroatoms. The lowest BCUT2D eigenvalue weighted by Gasteiger charge is -2.22. The molecule has 0 radical (unpaired) electrons. The third kappa shape index (κ3) is 3.24. The van der Waals surface area contributed by atoms with Gasteiger partial charge in [-0.2, -0.15) is 0 Å². The lowest BCUT2D eigenvalue weighted by molar-refractivity contribution is -0.121. The van der Waals surface area contributed by atoms with E-state index < -0.39 is 0 Å². The van der Waals surface area contributed by atoms with Gasteiger partial charge >= 0.3 is 0 Å². The summed E-state index contributed by atoms with van der Waals surface area (Å²) < 4.78 is 5.54. The number of nitrogens with one attached hydrogen (secondary N) is 1. The first-order chi connectivity index (χ1) is 10.1. The molecule has 0 spiro atoms. The van der Waals surface area contributed by atoms with E-state index in [0.29, 0.717) is 17.5 Å². The molecule has 0 bridgehead atoms. The van der Waals surface area contributed by atoms with Gasteiger partial charge in [0.1, 0.15) is 5.58 Å². The molecule has 0 atom stereocenters. The van der Waals surface area contributed by atoms with Crippen LogP contribution in [0.3, 0.4) is 0 Å². The van der Waals surface area contributed by atoms with Crippen molar-refractivity contribution in [2.75, 3.05) is 0 Å². The van der Waals surface area contributed by atoms with Crippen LogP contribution in [0.5, 0.6) is 0 Å². The van der Waals surface area contributed by atoms with E-state index in [4.69, 9.17) is 16.0 Å². The van der Waals surface area contributed by atoms with Crippen molar-refractivity contribution in [3.8, 4) is 0 Å². The molecule has 1 aromatic carbocycles. The van der Waals surface area contributed by atoms with Gasteiger partial charge in [-0.15, -0.1) is 0 Å². The Balaban J connectivity index is 1.72. The van der Waals surface area contributed by atoms with Gasteiger partial charge in [0.2, 0.25) is 5.91 Å². The van der Waals surface area contributed by atoms with Gasteiger partial charge < -0.3 is 9.73 Å². The highest BCUT2D eigenvalue weighted by molar-refractivity contribution is 6.32. The SMILES string of the molecule is Cc1cc2occ(CC(=O)NC3CCCCC3)c2cc1Cl. The zero-order chi connectivity index (χ0) is 14.8. The highest BCUT2D eigenvalue weighted by Gasteiger charge is 2.17. The number of aryl methyl sites for hydroxylation is 1. The molecule has 1 aliphatic carbocycles. The minimum Gasteiger partial charge on any atom is -0.464 e. The van der Waals surface area contributed by atoms with Gasteiger partial charge in [0.15, 0.2) is 0 Å². The number of carbonyl (C=O) groups excluding carboxylic acids is 1. The zero-order valence-corrected chi connectivity index (χ0v) is 13.0. The van der Waals surface area contributed by atoms with E-state index in [9.17, 15) is 4.79 Å². The Morgan fingerprint density at radius 1 is 1.33 bits per heavy atom. The molecule has 2 aromatic rings. The average molecular weight is 306 g/mol. The topological polar surface area (TPSA) is 42.2 Å². The molecule has 1 fully saturated rings. The molecular weight excluding hydrogens is 286 g/mol. The molecule has 1 heterocycles. The van der Waals surface area contributed by atoms with Crippen LogP contribution in [0.1, 0.15) is 43.2 Å². The van der Waals surface area contributed by atoms with Crippen molar-refractivity contribution in [3.63, 3.8) is 0 Å². The molecule has 1 saturated carbocycles. The van der Waals surface area contributed by atoms with E-state index in [1.54, 1.807) is 6.26 Å². The summed E-state index contributed by atoms with van der Waals surface area (Å²) >= 11 is 6.17. The summed E-state index contributed by atoms with van der Waals surface area (Å²) in [5.74, 6) is 0.0706. The number of carbonyl (C=O) groups is 1. The van der Waals surface area contributed by atoms with Crippen molar-refractivity contribution in [2.45, 2.75) is 51.5 Å². The quantitative estimate of drug-likeness (QED) is 0.914. The predicted octanol–water partition coefficient (Wildman–Crippen LogP) is 4.39. The Hall–Kier alpha value is -1.48. The minimum atomic E-state index is 0.0706. The zero-order valence-electron chi connectivity index (χ0n) is 12.2. The van der Waals surface area contributed by atoms with Gasteiger partial charge in [0, 0.05) is 22.0 Å². The number of halogens is 1. The minimum absolute atomic E-state index is 0.0706. The van der Waals surface area contributed by atoms with E-state index in [-0.39, 0.29) is 5.91 Å². The lowest BCUT2D eigenvalue weighted by Crippen LogP contribution is -2.37. The summed E-state index contributed by atoms with van der Waals surface area (Å²) in [7, 11) is 0. The summed E-state index contributed by atoms with van der Waals surface area (Å²) in [6.07, 6.45) is 7.94. The lowest BCUT2D eigenvalue weighted by atomic mass is 9.95. The largest absolute Gasteiger partial charge is 0.464 e. The first-order valence-electron chi connectivity index (χ1n) is 7.59. The van der Waals surface area contributed by atoms with Crippen LogP contribution in [0.25, 0.3) is 11.0 Å². The monoisotopic (exact) mass is 305 g/mol. The molecule has 1 amide bonds. The van der Waals surface area contributed by atoms with Crippen molar-refractivity contribution in [3.05, 3.63) is 34.5 Å². The van der Waals surface area contributed by atoms with Crippen LogP contribution in [0, 0.1) is 6.92 Å². The van der Waals surface area contributed by atoms with Gasteiger partial charge in [-0.3, -0.25) is 4.79 Å². The molecule has 1 aromatic heterocycles. The second-order valence-electron chi connectivity index (χ2n) is 5.94. The number of hydrogen-bond donors (Lipinski definition) is 1. The van der Waals surface area contributed by atoms with E-state index in [0.717, 1.165) is 34.9 Å². The number of amides is 1. The van der Waals surface area contributed by atoms with Crippen molar-refractivity contribution < 1.29 is 9.21 Å². The van der Waals surface area contributed by atoms with E-state index in [1.807, 2.05) is 19.1 Å². The van der Waals surface area contributed by atoms with Crippen molar-refractivity contribution in [2.24, 2.45) is 0 Å². The fourth-order valence-corrected chi connectivity index (χ4v) is 3.20. The van der Waals surface area contributed by atoms with Crippen LogP contribution in [0.2, 0.25) is 5.02 Å². The van der Waals surface area contributed by atoms with Crippen LogP contribution in [-0.2, 0) is 11.2 Å². The maximum Gasteiger partial charge on any atom is 0.224 e. The molecule has 3 rings (SSSR count). The van der Waals surface area contributed by atoms with Crippen molar-refractivity contribution in [1.82, 2.24) is 5.32 Å². The molecule has 3 nitrogen and oxygen atoms in total. The standard InChI is InChI=1S/C17H20ClNO2/c1-11-7-16-14(9-15(11)18)12(10-21-16)8-17(20)19-13-5-3-2-4-6-13/h7,9-10,13H,2-6,8H2,1H3,(H,19,20). The van der Waals surface area contributed by atoms with Gasteiger partial charge in [-0.05, 0) is 37.5 Å². The number of fused-ring (bicyclic) bond motifs is 1. The number of benzene rings is 1.